The Morgan fingerprint density at radius 1 is 1.46 bits per heavy atom. The summed E-state index contributed by atoms with van der Waals surface area (Å²) >= 11 is 2.75. The molecule has 24 heavy (non-hydrogen) atoms. The molecule has 10 heteroatoms. The molecule has 0 aliphatic carbocycles. The van der Waals surface area contributed by atoms with Crippen molar-refractivity contribution >= 4 is 33.3 Å². The number of alkyl halides is 2. The molecule has 0 fully saturated rings. The van der Waals surface area contributed by atoms with Gasteiger partial charge in [0.25, 0.3) is 0 Å². The van der Waals surface area contributed by atoms with Crippen molar-refractivity contribution in [1.29, 1.82) is 0 Å². The Balaban J connectivity index is 2.13. The smallest absolute Gasteiger partial charge is 0.245 e. The predicted octanol–water partition coefficient (Wildman–Crippen LogP) is 3.76. The molecule has 0 amide bonds. The first-order valence-corrected chi connectivity index (χ1v) is 8.53. The molecule has 126 valence electrons. The Morgan fingerprint density at radius 2 is 2.21 bits per heavy atom. The fourth-order valence-corrected chi connectivity index (χ4v) is 3.97. The lowest BCUT2D eigenvalue weighted by Crippen LogP contribution is -2.25. The van der Waals surface area contributed by atoms with Crippen LogP contribution in [0.25, 0.3) is 15.9 Å². The molecule has 0 saturated heterocycles. The van der Waals surface area contributed by atoms with E-state index in [1.54, 1.807) is 6.08 Å². The van der Waals surface area contributed by atoms with Crippen molar-refractivity contribution in [2.45, 2.75) is 17.8 Å². The number of rotatable bonds is 5. The number of aromatic nitrogens is 4. The first-order chi connectivity index (χ1) is 11.4. The summed E-state index contributed by atoms with van der Waals surface area (Å²) < 4.78 is 42.3. The van der Waals surface area contributed by atoms with Crippen molar-refractivity contribution in [3.63, 3.8) is 0 Å². The van der Waals surface area contributed by atoms with Crippen LogP contribution in [0.2, 0.25) is 0 Å². The number of aryl methyl sites for hydroxylation is 1. The second kappa shape index (κ2) is 6.44. The third kappa shape index (κ3) is 2.86. The van der Waals surface area contributed by atoms with Crippen molar-refractivity contribution in [2.24, 2.45) is 0 Å². The molecule has 0 atom stereocenters. The van der Waals surface area contributed by atoms with Crippen molar-refractivity contribution in [1.82, 2.24) is 19.3 Å². The van der Waals surface area contributed by atoms with Gasteiger partial charge in [-0.3, -0.25) is 0 Å². The first kappa shape index (κ1) is 16.8. The number of hydrogen-bond donors (Lipinski definition) is 0. The van der Waals surface area contributed by atoms with Gasteiger partial charge in [-0.2, -0.15) is 13.5 Å². The van der Waals surface area contributed by atoms with Gasteiger partial charge in [0, 0.05) is 5.75 Å². The average Bonchev–Trinajstić information content (AvgIpc) is 3.04. The highest BCUT2D eigenvalue weighted by Crippen LogP contribution is 2.31. The molecule has 0 N–H and O–H groups in total. The Kier molecular flexibility index (Phi) is 4.50. The molecule has 2 heterocycles. The van der Waals surface area contributed by atoms with Crippen LogP contribution < -0.4 is 5.69 Å². The molecule has 0 bridgehead atoms. The summed E-state index contributed by atoms with van der Waals surface area (Å²) in [4.78, 5) is 16.4. The molecule has 3 aromatic rings. The van der Waals surface area contributed by atoms with Crippen LogP contribution in [-0.4, -0.2) is 25.1 Å². The van der Waals surface area contributed by atoms with Gasteiger partial charge in [0.05, 0.1) is 10.2 Å². The topological polar surface area (TPSA) is 52.7 Å². The molecule has 0 unspecified atom stereocenters. The minimum atomic E-state index is -3.04. The highest BCUT2D eigenvalue weighted by Gasteiger charge is 2.21. The summed E-state index contributed by atoms with van der Waals surface area (Å²) in [5.41, 5.74) is -0.836. The summed E-state index contributed by atoms with van der Waals surface area (Å²) in [5, 5.41) is 3.73. The van der Waals surface area contributed by atoms with Crippen molar-refractivity contribution in [3.8, 4) is 5.69 Å². The third-order valence-corrected chi connectivity index (χ3v) is 5.32. The largest absolute Gasteiger partial charge is 0.355 e. The molecular weight excluding hydrogens is 361 g/mol. The van der Waals surface area contributed by atoms with Gasteiger partial charge in [0.15, 0.2) is 10.2 Å². The zero-order valence-corrected chi connectivity index (χ0v) is 14.0. The van der Waals surface area contributed by atoms with E-state index in [4.69, 9.17) is 0 Å². The van der Waals surface area contributed by atoms with Crippen LogP contribution in [0.3, 0.4) is 0 Å². The molecule has 5 nitrogen and oxygen atoms in total. The maximum Gasteiger partial charge on any atom is 0.355 e. The number of halogens is 3. The lowest BCUT2D eigenvalue weighted by Gasteiger charge is -2.01. The van der Waals surface area contributed by atoms with Gasteiger partial charge in [-0.05, 0) is 19.1 Å². The van der Waals surface area contributed by atoms with Crippen LogP contribution >= 0.6 is 23.1 Å². The monoisotopic (exact) mass is 372 g/mol. The zero-order chi connectivity index (χ0) is 17.4. The van der Waals surface area contributed by atoms with Gasteiger partial charge in [-0.25, -0.2) is 18.7 Å². The highest BCUT2D eigenvalue weighted by molar-refractivity contribution is 8.01. The molecule has 0 spiro atoms. The highest BCUT2D eigenvalue weighted by atomic mass is 32.2. The Bertz CT molecular complexity index is 976. The van der Waals surface area contributed by atoms with Crippen LogP contribution in [0, 0.1) is 12.7 Å². The van der Waals surface area contributed by atoms with E-state index in [0.29, 0.717) is 20.7 Å². The van der Waals surface area contributed by atoms with Crippen molar-refractivity contribution in [2.75, 3.05) is 5.75 Å². The number of benzene rings is 1. The van der Waals surface area contributed by atoms with Crippen molar-refractivity contribution < 1.29 is 13.2 Å². The quantitative estimate of drug-likeness (QED) is 0.505. The van der Waals surface area contributed by atoms with Crippen LogP contribution in [0.1, 0.15) is 12.4 Å². The Hall–Kier alpha value is -2.07. The number of nitrogens with zero attached hydrogens (tertiary/aromatic N) is 4. The third-order valence-electron chi connectivity index (χ3n) is 3.17. The summed E-state index contributed by atoms with van der Waals surface area (Å²) in [6.07, 6.45) is 1.72. The summed E-state index contributed by atoms with van der Waals surface area (Å²) in [6.45, 7) is 1.83. The molecule has 2 aromatic heterocycles. The van der Waals surface area contributed by atoms with Gasteiger partial charge < -0.3 is 0 Å². The molecule has 3 rings (SSSR count). The molecule has 1 aromatic carbocycles. The second-order valence-electron chi connectivity index (χ2n) is 4.74. The molecule has 0 aliphatic rings. The maximum atomic E-state index is 14.3. The Labute approximate surface area is 142 Å². The number of thiazole rings is 1. The van der Waals surface area contributed by atoms with Gasteiger partial charge >= 0.3 is 12.2 Å². The normalized spacial score (nSPS) is 11.5. The van der Waals surface area contributed by atoms with E-state index < -0.39 is 18.1 Å². The number of thioether (sulfide) groups is 1. The second-order valence-corrected chi connectivity index (χ2v) is 7.04. The SMILES string of the molecule is C=CCSc1nc2cc(-n3nc(C)n(C(F)F)c3=O)c(F)cc2s1. The fraction of sp³-hybridized carbons (Fsp3) is 0.214. The molecule has 0 radical (unpaired) electrons. The number of fused-ring (bicyclic) bond motifs is 1. The van der Waals surface area contributed by atoms with Gasteiger partial charge in [-0.1, -0.05) is 17.8 Å². The lowest BCUT2D eigenvalue weighted by molar-refractivity contribution is 0.0640. The summed E-state index contributed by atoms with van der Waals surface area (Å²) in [7, 11) is 0. The minimum absolute atomic E-state index is 0.199. The van der Waals surface area contributed by atoms with Crippen molar-refractivity contribution in [3.05, 3.63) is 46.9 Å². The van der Waals surface area contributed by atoms with E-state index in [2.05, 4.69) is 16.7 Å². The predicted molar refractivity (Wildman–Crippen MR) is 87.9 cm³/mol. The van der Waals surface area contributed by atoms with E-state index >= 15 is 0 Å². The van der Waals surface area contributed by atoms with Crippen LogP contribution in [0.5, 0.6) is 0 Å². The summed E-state index contributed by atoms with van der Waals surface area (Å²) in [5.74, 6) is -0.269. The van der Waals surface area contributed by atoms with Crippen LogP contribution in [0.15, 0.2) is 33.9 Å². The number of hydrogen-bond acceptors (Lipinski definition) is 5. The maximum absolute atomic E-state index is 14.3. The average molecular weight is 372 g/mol. The Morgan fingerprint density at radius 3 is 2.83 bits per heavy atom. The molecular formula is C14H11F3N4OS2. The van der Waals surface area contributed by atoms with Gasteiger partial charge in [0.1, 0.15) is 11.5 Å². The molecule has 0 saturated carbocycles. The zero-order valence-electron chi connectivity index (χ0n) is 12.4. The van der Waals surface area contributed by atoms with E-state index in [1.165, 1.54) is 42.2 Å². The standard InChI is InChI=1S/C14H11F3N4OS2/c1-3-4-23-13-18-9-6-10(8(15)5-11(9)24-13)21-14(22)20(12(16)17)7(2)19-21/h3,5-6,12H,1,4H2,2H3. The van der Waals surface area contributed by atoms with E-state index in [0.717, 1.165) is 4.34 Å². The minimum Gasteiger partial charge on any atom is -0.245 e. The van der Waals surface area contributed by atoms with Gasteiger partial charge in [-0.15, -0.1) is 23.0 Å². The van der Waals surface area contributed by atoms with E-state index in [9.17, 15) is 18.0 Å². The summed E-state index contributed by atoms with van der Waals surface area (Å²) in [6, 6.07) is 2.56. The van der Waals surface area contributed by atoms with E-state index in [-0.39, 0.29) is 16.1 Å². The van der Waals surface area contributed by atoms with E-state index in [1.807, 2.05) is 0 Å². The van der Waals surface area contributed by atoms with Gasteiger partial charge in [0.2, 0.25) is 0 Å². The first-order valence-electron chi connectivity index (χ1n) is 6.73. The lowest BCUT2D eigenvalue weighted by atomic mass is 10.3. The fourth-order valence-electron chi connectivity index (χ4n) is 2.13. The van der Waals surface area contributed by atoms with Crippen LogP contribution in [0.4, 0.5) is 13.2 Å². The van der Waals surface area contributed by atoms with Crippen LogP contribution in [-0.2, 0) is 0 Å². The molecule has 0 aliphatic heterocycles.